The van der Waals surface area contributed by atoms with Crippen LogP contribution in [0.1, 0.15) is 5.56 Å². The van der Waals surface area contributed by atoms with Gasteiger partial charge in [-0.3, -0.25) is 4.79 Å². The van der Waals surface area contributed by atoms with Gasteiger partial charge in [-0.2, -0.15) is 5.26 Å². The molecule has 140 valence electrons. The highest BCUT2D eigenvalue weighted by Crippen LogP contribution is 2.28. The highest BCUT2D eigenvalue weighted by atomic mass is 16.6. The molecule has 27 heavy (non-hydrogen) atoms. The van der Waals surface area contributed by atoms with Crippen molar-refractivity contribution in [2.75, 3.05) is 32.8 Å². The summed E-state index contributed by atoms with van der Waals surface area (Å²) in [4.78, 5) is 23.7. The lowest BCUT2D eigenvalue weighted by atomic mass is 10.2. The Morgan fingerprint density at radius 1 is 1.04 bits per heavy atom. The molecule has 0 bridgehead atoms. The van der Waals surface area contributed by atoms with Gasteiger partial charge in [-0.25, -0.2) is 4.79 Å². The molecule has 0 unspecified atom stereocenters. The molecule has 2 aromatic rings. The lowest BCUT2D eigenvalue weighted by Crippen LogP contribution is -2.24. The van der Waals surface area contributed by atoms with Gasteiger partial charge in [0.25, 0.3) is 5.91 Å². The van der Waals surface area contributed by atoms with Crippen molar-refractivity contribution < 1.29 is 28.5 Å². The van der Waals surface area contributed by atoms with Gasteiger partial charge < -0.3 is 24.3 Å². The van der Waals surface area contributed by atoms with Crippen molar-refractivity contribution in [3.05, 3.63) is 48.0 Å². The van der Waals surface area contributed by atoms with E-state index in [2.05, 4.69) is 5.32 Å². The second kappa shape index (κ2) is 9.68. The predicted molar refractivity (Wildman–Crippen MR) is 95.8 cm³/mol. The first-order chi connectivity index (χ1) is 13.1. The summed E-state index contributed by atoms with van der Waals surface area (Å²) in [6, 6.07) is 13.3. The molecule has 1 amide bonds. The summed E-state index contributed by atoms with van der Waals surface area (Å²) in [7, 11) is 2.98. The fourth-order valence-corrected chi connectivity index (χ4v) is 2.10. The maximum absolute atomic E-state index is 12.0. The third-order valence-electron chi connectivity index (χ3n) is 3.40. The number of rotatable bonds is 8. The number of ether oxygens (including phenoxy) is 4. The van der Waals surface area contributed by atoms with Gasteiger partial charge in [0.2, 0.25) is 0 Å². The largest absolute Gasteiger partial charge is 0.497 e. The molecule has 0 atom stereocenters. The molecule has 0 radical (unpaired) electrons. The van der Waals surface area contributed by atoms with Crippen molar-refractivity contribution in [3.63, 3.8) is 0 Å². The number of methoxy groups -OCH3 is 2. The van der Waals surface area contributed by atoms with E-state index in [9.17, 15) is 9.59 Å². The summed E-state index contributed by atoms with van der Waals surface area (Å²) in [5.41, 5.74) is 0.716. The lowest BCUT2D eigenvalue weighted by molar-refractivity contribution is -0.149. The first-order valence-corrected chi connectivity index (χ1v) is 7.86. The van der Waals surface area contributed by atoms with Gasteiger partial charge >= 0.3 is 5.97 Å². The number of benzene rings is 2. The molecule has 0 fully saturated rings. The van der Waals surface area contributed by atoms with Crippen LogP contribution in [0.15, 0.2) is 42.5 Å². The Labute approximate surface area is 156 Å². The average Bonchev–Trinajstić information content (AvgIpc) is 2.71. The van der Waals surface area contributed by atoms with Crippen LogP contribution in [-0.2, 0) is 14.3 Å². The number of nitrogens with one attached hydrogen (secondary N) is 1. The zero-order chi connectivity index (χ0) is 19.6. The van der Waals surface area contributed by atoms with E-state index in [4.69, 9.17) is 24.2 Å². The minimum Gasteiger partial charge on any atom is -0.497 e. The number of para-hydroxylation sites is 1. The van der Waals surface area contributed by atoms with E-state index < -0.39 is 25.1 Å². The molecule has 8 heteroatoms. The lowest BCUT2D eigenvalue weighted by Gasteiger charge is -2.12. The highest BCUT2D eigenvalue weighted by molar-refractivity contribution is 5.94. The average molecular weight is 370 g/mol. The predicted octanol–water partition coefficient (Wildman–Crippen LogP) is 2.14. The highest BCUT2D eigenvalue weighted by Gasteiger charge is 2.12. The van der Waals surface area contributed by atoms with Crippen LogP contribution >= 0.6 is 0 Å². The molecule has 0 aliphatic rings. The quantitative estimate of drug-likeness (QED) is 0.709. The maximum atomic E-state index is 12.0. The zero-order valence-corrected chi connectivity index (χ0v) is 14.9. The van der Waals surface area contributed by atoms with Crippen molar-refractivity contribution in [2.45, 2.75) is 0 Å². The number of nitriles is 1. The summed E-state index contributed by atoms with van der Waals surface area (Å²) < 4.78 is 20.4. The van der Waals surface area contributed by atoms with E-state index in [1.165, 1.54) is 14.2 Å². The molecule has 0 aromatic heterocycles. The van der Waals surface area contributed by atoms with Gasteiger partial charge in [0.1, 0.15) is 23.3 Å². The van der Waals surface area contributed by atoms with Crippen molar-refractivity contribution in [1.82, 2.24) is 0 Å². The van der Waals surface area contributed by atoms with Gasteiger partial charge in [0.05, 0.1) is 25.5 Å². The molecule has 2 aromatic carbocycles. The summed E-state index contributed by atoms with van der Waals surface area (Å²) in [6.07, 6.45) is 0. The van der Waals surface area contributed by atoms with E-state index >= 15 is 0 Å². The van der Waals surface area contributed by atoms with Crippen molar-refractivity contribution in [1.29, 1.82) is 5.26 Å². The van der Waals surface area contributed by atoms with Gasteiger partial charge in [-0.05, 0) is 24.3 Å². The van der Waals surface area contributed by atoms with Gasteiger partial charge in [0, 0.05) is 6.07 Å². The van der Waals surface area contributed by atoms with Crippen LogP contribution in [0.25, 0.3) is 0 Å². The van der Waals surface area contributed by atoms with Crippen LogP contribution in [0.3, 0.4) is 0 Å². The first-order valence-electron chi connectivity index (χ1n) is 7.86. The number of hydrogen-bond donors (Lipinski definition) is 1. The monoisotopic (exact) mass is 370 g/mol. The fraction of sp³-hybridized carbons (Fsp3) is 0.211. The Kier molecular flexibility index (Phi) is 7.02. The number of nitrogens with zero attached hydrogens (tertiary/aromatic N) is 1. The fourth-order valence-electron chi connectivity index (χ4n) is 2.10. The first kappa shape index (κ1) is 19.6. The van der Waals surface area contributed by atoms with Crippen LogP contribution in [0, 0.1) is 11.3 Å². The number of anilines is 1. The van der Waals surface area contributed by atoms with Crippen molar-refractivity contribution in [3.8, 4) is 23.3 Å². The van der Waals surface area contributed by atoms with Crippen LogP contribution in [0.2, 0.25) is 0 Å². The number of hydrogen-bond acceptors (Lipinski definition) is 7. The summed E-state index contributed by atoms with van der Waals surface area (Å²) in [6.45, 7) is -0.908. The number of carbonyl (C=O) groups is 2. The summed E-state index contributed by atoms with van der Waals surface area (Å²) in [5, 5.41) is 11.5. The number of amides is 1. The Bertz CT molecular complexity index is 860. The van der Waals surface area contributed by atoms with Gasteiger partial charge in [-0.15, -0.1) is 0 Å². The van der Waals surface area contributed by atoms with E-state index in [-0.39, 0.29) is 5.75 Å². The zero-order valence-electron chi connectivity index (χ0n) is 14.9. The van der Waals surface area contributed by atoms with Crippen LogP contribution in [0.4, 0.5) is 5.69 Å². The molecule has 0 saturated heterocycles. The van der Waals surface area contributed by atoms with Gasteiger partial charge in [-0.1, -0.05) is 12.1 Å². The molecular weight excluding hydrogens is 352 g/mol. The number of esters is 1. The topological polar surface area (TPSA) is 107 Å². The molecule has 2 rings (SSSR count). The van der Waals surface area contributed by atoms with Crippen LogP contribution in [0.5, 0.6) is 17.2 Å². The third-order valence-corrected chi connectivity index (χ3v) is 3.40. The van der Waals surface area contributed by atoms with Crippen LogP contribution < -0.4 is 19.5 Å². The second-order valence-electron chi connectivity index (χ2n) is 5.17. The summed E-state index contributed by atoms with van der Waals surface area (Å²) >= 11 is 0. The molecule has 8 nitrogen and oxygen atoms in total. The van der Waals surface area contributed by atoms with Crippen molar-refractivity contribution >= 4 is 17.6 Å². The normalized spacial score (nSPS) is 9.67. The standard InChI is InChI=1S/C19H18N2O6/c1-24-14-7-8-15(17(9-14)25-2)21-18(22)11-27-19(23)12-26-16-6-4-3-5-13(16)10-20/h3-9H,11-12H2,1-2H3,(H,21,22). The van der Waals surface area contributed by atoms with Crippen molar-refractivity contribution in [2.24, 2.45) is 0 Å². The Morgan fingerprint density at radius 3 is 2.52 bits per heavy atom. The second-order valence-corrected chi connectivity index (χ2v) is 5.17. The molecule has 0 heterocycles. The van der Waals surface area contributed by atoms with Crippen LogP contribution in [-0.4, -0.2) is 39.3 Å². The number of carbonyl (C=O) groups excluding carboxylic acids is 2. The van der Waals surface area contributed by atoms with E-state index in [1.54, 1.807) is 42.5 Å². The molecule has 0 spiro atoms. The van der Waals surface area contributed by atoms with E-state index in [1.807, 2.05) is 6.07 Å². The molecule has 0 saturated carbocycles. The van der Waals surface area contributed by atoms with E-state index in [0.29, 0.717) is 22.7 Å². The van der Waals surface area contributed by atoms with Gasteiger partial charge in [0.15, 0.2) is 13.2 Å². The Balaban J connectivity index is 1.83. The molecule has 0 aliphatic carbocycles. The van der Waals surface area contributed by atoms with E-state index in [0.717, 1.165) is 0 Å². The smallest absolute Gasteiger partial charge is 0.344 e. The summed E-state index contributed by atoms with van der Waals surface area (Å²) in [5.74, 6) is -0.0234. The minimum atomic E-state index is -0.736. The minimum absolute atomic E-state index is 0.268. The molecule has 1 N–H and O–H groups in total. The Hall–Kier alpha value is -3.73. The maximum Gasteiger partial charge on any atom is 0.344 e. The SMILES string of the molecule is COc1ccc(NC(=O)COC(=O)COc2ccccc2C#N)c(OC)c1. The molecular formula is C19H18N2O6. The Morgan fingerprint density at radius 2 is 1.81 bits per heavy atom. The molecule has 0 aliphatic heterocycles. The third kappa shape index (κ3) is 5.64.